The number of carbonyl (C=O) groups is 2. The number of nitrogens with zero attached hydrogens (tertiary/aromatic N) is 3. The molecule has 0 aliphatic carbocycles. The average molecular weight is 683 g/mol. The summed E-state index contributed by atoms with van der Waals surface area (Å²) in [7, 11) is -4.53. The molecule has 1 aliphatic rings. The lowest BCUT2D eigenvalue weighted by Crippen LogP contribution is -2.51. The standard InChI is InChI=1S/C26H21F7N4O6S.C2H6.H2/c1-3-13(2)22(38)34-18-12-44(40,41)20-9-17(27)16(23-36-35-21(42-23)10-25(28,29)30)8-19(20)37(24(18)39)11-14-4-6-15(7-5-14)43-26(31,32)33;1-2;/h3-9,13,18H,1,10-12H2,2H3,(H,34,38);1-2H3;1H/t13-,18+;;/m1../s1. The number of halogens is 7. The number of rotatable bonds is 8. The number of nitrogens with one attached hydrogen (secondary N) is 1. The van der Waals surface area contributed by atoms with E-state index in [1.807, 2.05) is 13.8 Å². The first kappa shape index (κ1) is 36.0. The highest BCUT2D eigenvalue weighted by atomic mass is 32.2. The number of ether oxygens (including phenoxy) is 1. The van der Waals surface area contributed by atoms with E-state index in [2.05, 4.69) is 26.8 Å². The van der Waals surface area contributed by atoms with Gasteiger partial charge >= 0.3 is 12.5 Å². The molecule has 1 aromatic heterocycles. The molecule has 0 saturated heterocycles. The molecule has 252 valence electrons. The predicted octanol–water partition coefficient (Wildman–Crippen LogP) is 5.78. The SMILES string of the molecule is C=C[C@@H](C)C(=O)N[C@H]1CS(=O)(=O)c2cc(F)c(-c3nnc(CC(F)(F)F)o3)cc2N(Cc2ccc(OC(F)(F)F)cc2)C1=O.CC.[HH]. The van der Waals surface area contributed by atoms with Crippen LogP contribution < -0.4 is 15.0 Å². The van der Waals surface area contributed by atoms with Crippen LogP contribution in [-0.2, 0) is 32.4 Å². The van der Waals surface area contributed by atoms with Gasteiger partial charge in [-0.2, -0.15) is 13.2 Å². The van der Waals surface area contributed by atoms with Crippen molar-refractivity contribution in [2.45, 2.75) is 57.2 Å². The lowest BCUT2D eigenvalue weighted by molar-refractivity contribution is -0.274. The van der Waals surface area contributed by atoms with Gasteiger partial charge in [-0.1, -0.05) is 39.0 Å². The van der Waals surface area contributed by atoms with Gasteiger partial charge in [0, 0.05) is 1.43 Å². The molecule has 0 spiro atoms. The first-order valence-electron chi connectivity index (χ1n) is 13.4. The second kappa shape index (κ2) is 13.9. The maximum Gasteiger partial charge on any atom is 0.573 e. The van der Waals surface area contributed by atoms with Crippen molar-refractivity contribution < 1.29 is 59.3 Å². The summed E-state index contributed by atoms with van der Waals surface area (Å²) >= 11 is 0. The normalized spacial score (nSPS) is 16.8. The van der Waals surface area contributed by atoms with E-state index in [4.69, 9.17) is 4.42 Å². The molecular weight excluding hydrogens is 653 g/mol. The van der Waals surface area contributed by atoms with E-state index in [0.29, 0.717) is 6.07 Å². The molecule has 10 nitrogen and oxygen atoms in total. The molecule has 2 atom stereocenters. The Morgan fingerprint density at radius 1 is 1.17 bits per heavy atom. The smallest absolute Gasteiger partial charge is 0.420 e. The first-order chi connectivity index (χ1) is 21.4. The van der Waals surface area contributed by atoms with Crippen LogP contribution in [0.25, 0.3) is 11.5 Å². The monoisotopic (exact) mass is 682 g/mol. The number of hydrogen-bond acceptors (Lipinski definition) is 8. The molecule has 4 rings (SSSR count). The lowest BCUT2D eigenvalue weighted by atomic mass is 10.1. The number of carbonyl (C=O) groups excluding carboxylic acids is 2. The average Bonchev–Trinajstić information content (AvgIpc) is 3.39. The molecule has 18 heteroatoms. The van der Waals surface area contributed by atoms with Crippen LogP contribution in [0.1, 0.15) is 33.7 Å². The summed E-state index contributed by atoms with van der Waals surface area (Å²) in [6.45, 7) is 8.38. The Morgan fingerprint density at radius 2 is 1.80 bits per heavy atom. The van der Waals surface area contributed by atoms with Crippen LogP contribution in [0.5, 0.6) is 5.75 Å². The third-order valence-corrected chi connectivity index (χ3v) is 8.02. The molecule has 0 radical (unpaired) electrons. The molecule has 3 aromatic rings. The van der Waals surface area contributed by atoms with Crippen molar-refractivity contribution >= 4 is 27.3 Å². The molecular formula is C28H29F7N4O6S. The summed E-state index contributed by atoms with van der Waals surface area (Å²) in [4.78, 5) is 26.5. The maximum atomic E-state index is 15.3. The van der Waals surface area contributed by atoms with E-state index < -0.39 is 104 Å². The van der Waals surface area contributed by atoms with Gasteiger partial charge in [0.2, 0.25) is 11.8 Å². The molecule has 2 amide bonds. The van der Waals surface area contributed by atoms with Gasteiger partial charge < -0.3 is 19.4 Å². The molecule has 0 saturated carbocycles. The Labute approximate surface area is 259 Å². The summed E-state index contributed by atoms with van der Waals surface area (Å²) in [6, 6.07) is 3.78. The van der Waals surface area contributed by atoms with Crippen molar-refractivity contribution in [3.8, 4) is 17.2 Å². The Balaban J connectivity index is 0.00000251. The highest BCUT2D eigenvalue weighted by molar-refractivity contribution is 7.91. The minimum absolute atomic E-state index is 0. The van der Waals surface area contributed by atoms with E-state index in [1.165, 1.54) is 13.0 Å². The number of hydrogen-bond donors (Lipinski definition) is 1. The van der Waals surface area contributed by atoms with Crippen LogP contribution in [0, 0.1) is 11.7 Å². The van der Waals surface area contributed by atoms with E-state index in [-0.39, 0.29) is 6.99 Å². The van der Waals surface area contributed by atoms with Crippen LogP contribution in [0.2, 0.25) is 0 Å². The molecule has 2 aromatic carbocycles. The highest BCUT2D eigenvalue weighted by Crippen LogP contribution is 2.38. The van der Waals surface area contributed by atoms with E-state index in [1.54, 1.807) is 0 Å². The molecule has 0 fully saturated rings. The van der Waals surface area contributed by atoms with E-state index in [0.717, 1.165) is 35.2 Å². The number of alkyl halides is 6. The van der Waals surface area contributed by atoms with Gasteiger partial charge in [-0.15, -0.1) is 29.9 Å². The summed E-state index contributed by atoms with van der Waals surface area (Å²) in [5, 5.41) is 8.96. The molecule has 1 aliphatic heterocycles. The number of aromatic nitrogens is 2. The van der Waals surface area contributed by atoms with Gasteiger partial charge in [-0.3, -0.25) is 9.59 Å². The molecule has 0 bridgehead atoms. The summed E-state index contributed by atoms with van der Waals surface area (Å²) in [5.74, 6) is -7.17. The van der Waals surface area contributed by atoms with Crippen molar-refractivity contribution in [2.24, 2.45) is 5.92 Å². The summed E-state index contributed by atoms with van der Waals surface area (Å²) in [5.41, 5.74) is -0.959. The van der Waals surface area contributed by atoms with Gasteiger partial charge in [-0.25, -0.2) is 12.8 Å². The molecule has 1 N–H and O–H groups in total. The van der Waals surface area contributed by atoms with Gasteiger partial charge in [0.05, 0.1) is 34.4 Å². The van der Waals surface area contributed by atoms with Crippen LogP contribution in [0.4, 0.5) is 36.4 Å². The Hall–Kier alpha value is -4.48. The quantitative estimate of drug-likeness (QED) is 0.234. The van der Waals surface area contributed by atoms with Crippen molar-refractivity contribution in [1.29, 1.82) is 0 Å². The second-order valence-electron chi connectivity index (χ2n) is 9.58. The Morgan fingerprint density at radius 3 is 2.37 bits per heavy atom. The van der Waals surface area contributed by atoms with Gasteiger partial charge in [0.25, 0.3) is 11.8 Å². The third-order valence-electron chi connectivity index (χ3n) is 6.25. The summed E-state index contributed by atoms with van der Waals surface area (Å²) in [6.07, 6.45) is -10.1. The van der Waals surface area contributed by atoms with Crippen LogP contribution >= 0.6 is 0 Å². The van der Waals surface area contributed by atoms with Gasteiger partial charge in [-0.05, 0) is 29.8 Å². The van der Waals surface area contributed by atoms with Crippen molar-refractivity contribution in [3.63, 3.8) is 0 Å². The van der Waals surface area contributed by atoms with E-state index >= 15 is 4.39 Å². The van der Waals surface area contributed by atoms with Crippen LogP contribution in [-0.4, -0.2) is 54.8 Å². The first-order valence-corrected chi connectivity index (χ1v) is 15.1. The van der Waals surface area contributed by atoms with Crippen molar-refractivity contribution in [1.82, 2.24) is 15.5 Å². The Kier molecular flexibility index (Phi) is 10.9. The van der Waals surface area contributed by atoms with Crippen LogP contribution in [0.3, 0.4) is 0 Å². The molecule has 46 heavy (non-hydrogen) atoms. The Bertz CT molecular complexity index is 1700. The van der Waals surface area contributed by atoms with Crippen LogP contribution in [0.15, 0.2) is 58.4 Å². The number of benzene rings is 2. The second-order valence-corrected chi connectivity index (χ2v) is 11.6. The largest absolute Gasteiger partial charge is 0.573 e. The lowest BCUT2D eigenvalue weighted by Gasteiger charge is -2.26. The fourth-order valence-corrected chi connectivity index (χ4v) is 5.73. The number of sulfone groups is 1. The zero-order valence-corrected chi connectivity index (χ0v) is 25.2. The zero-order chi connectivity index (χ0) is 34.6. The fraction of sp³-hybridized carbons (Fsp3) is 0.357. The molecule has 0 unspecified atom stereocenters. The summed E-state index contributed by atoms with van der Waals surface area (Å²) < 4.78 is 127. The molecule has 2 heterocycles. The fourth-order valence-electron chi connectivity index (χ4n) is 4.12. The minimum atomic E-state index is -4.99. The minimum Gasteiger partial charge on any atom is -0.420 e. The number of fused-ring (bicyclic) bond motifs is 1. The zero-order valence-electron chi connectivity index (χ0n) is 24.4. The van der Waals surface area contributed by atoms with E-state index in [9.17, 15) is 44.3 Å². The predicted molar refractivity (Wildman–Crippen MR) is 151 cm³/mol. The highest BCUT2D eigenvalue weighted by Gasteiger charge is 2.40. The third kappa shape index (κ3) is 8.82. The maximum absolute atomic E-state index is 15.3. The number of anilines is 1. The van der Waals surface area contributed by atoms with Crippen molar-refractivity contribution in [2.75, 3.05) is 10.7 Å². The van der Waals surface area contributed by atoms with Crippen molar-refractivity contribution in [3.05, 3.63) is 66.3 Å². The van der Waals surface area contributed by atoms with Gasteiger partial charge in [0.15, 0.2) is 9.84 Å². The topological polar surface area (TPSA) is 132 Å². The number of amides is 2. The van der Waals surface area contributed by atoms with Gasteiger partial charge in [0.1, 0.15) is 24.0 Å².